The largest absolute Gasteiger partial charge is 0.550 e. The van der Waals surface area contributed by atoms with E-state index in [1.807, 2.05) is 0 Å². The summed E-state index contributed by atoms with van der Waals surface area (Å²) in [6.45, 7) is 0. The lowest BCUT2D eigenvalue weighted by Crippen LogP contribution is -2.39. The number of aliphatic carboxylic acids is 1. The third-order valence-corrected chi connectivity index (χ3v) is 6.70. The molecule has 0 saturated heterocycles. The number of furan rings is 1. The van der Waals surface area contributed by atoms with Crippen LogP contribution in [0.2, 0.25) is 0 Å². The Balaban J connectivity index is 1.68. The second kappa shape index (κ2) is 9.92. The maximum atomic E-state index is 13.8. The van der Waals surface area contributed by atoms with Gasteiger partial charge < -0.3 is 19.6 Å². The first kappa shape index (κ1) is 24.9. The zero-order chi connectivity index (χ0) is 27.0. The molecule has 5 rings (SSSR count). The van der Waals surface area contributed by atoms with E-state index in [-0.39, 0.29) is 29.5 Å². The summed E-state index contributed by atoms with van der Waals surface area (Å²) >= 11 is 0. The second-order valence-corrected chi connectivity index (χ2v) is 9.09. The number of Topliss-reactive ketones (excluding diaryl/α,β-unsaturated/α-hetero) is 1. The number of carboxylic acids is 1. The van der Waals surface area contributed by atoms with Crippen molar-refractivity contribution in [1.29, 1.82) is 0 Å². The molecule has 0 radical (unpaired) electrons. The molecular formula is C27H21FN3O7-. The van der Waals surface area contributed by atoms with Crippen molar-refractivity contribution < 1.29 is 33.2 Å². The minimum Gasteiger partial charge on any atom is -0.550 e. The third-order valence-electron chi connectivity index (χ3n) is 6.70. The van der Waals surface area contributed by atoms with Crippen molar-refractivity contribution in [2.45, 2.75) is 37.6 Å². The first-order valence-corrected chi connectivity index (χ1v) is 11.9. The Hall–Kier alpha value is -4.80. The number of amides is 1. The first-order valence-electron chi connectivity index (χ1n) is 11.9. The number of anilines is 2. The fraction of sp³-hybridized carbons (Fsp3) is 0.222. The average Bonchev–Trinajstić information content (AvgIpc) is 3.32. The number of nitrogens with one attached hydrogen (secondary N) is 1. The molecule has 2 aromatic carbocycles. The maximum Gasteiger partial charge on any atom is 0.433 e. The van der Waals surface area contributed by atoms with Crippen molar-refractivity contribution in [3.05, 3.63) is 99.2 Å². The van der Waals surface area contributed by atoms with E-state index >= 15 is 0 Å². The highest BCUT2D eigenvalue weighted by atomic mass is 19.1. The van der Waals surface area contributed by atoms with Gasteiger partial charge in [0.2, 0.25) is 5.91 Å². The fourth-order valence-electron chi connectivity index (χ4n) is 5.02. The number of hydrogen-bond donors (Lipinski definition) is 1. The lowest BCUT2D eigenvalue weighted by atomic mass is 9.79. The van der Waals surface area contributed by atoms with Gasteiger partial charge in [0, 0.05) is 30.1 Å². The van der Waals surface area contributed by atoms with Crippen LogP contribution in [0, 0.1) is 15.9 Å². The zero-order valence-corrected chi connectivity index (χ0v) is 19.9. The molecule has 3 aromatic rings. The van der Waals surface area contributed by atoms with Gasteiger partial charge in [0.1, 0.15) is 22.5 Å². The van der Waals surface area contributed by atoms with Gasteiger partial charge in [0.25, 0.3) is 0 Å². The summed E-state index contributed by atoms with van der Waals surface area (Å²) in [6, 6.07) is 13.9. The van der Waals surface area contributed by atoms with Gasteiger partial charge in [-0.2, -0.15) is 0 Å². The topological polar surface area (TPSA) is 146 Å². The van der Waals surface area contributed by atoms with Crippen molar-refractivity contribution in [3.8, 4) is 0 Å². The molecule has 1 aliphatic heterocycles. The molecule has 38 heavy (non-hydrogen) atoms. The van der Waals surface area contributed by atoms with Crippen molar-refractivity contribution >= 4 is 34.9 Å². The van der Waals surface area contributed by atoms with E-state index in [1.54, 1.807) is 36.4 Å². The molecule has 0 saturated carbocycles. The van der Waals surface area contributed by atoms with E-state index in [0.29, 0.717) is 23.5 Å². The molecule has 194 valence electrons. The van der Waals surface area contributed by atoms with E-state index in [4.69, 9.17) is 4.42 Å². The minimum atomic E-state index is -1.42. The second-order valence-electron chi connectivity index (χ2n) is 9.09. The van der Waals surface area contributed by atoms with E-state index < -0.39 is 47.4 Å². The number of ketones is 1. The van der Waals surface area contributed by atoms with Gasteiger partial charge in [-0.15, -0.1) is 0 Å². The number of carbonyl (C=O) groups excluding carboxylic acids is 3. The number of benzene rings is 2. The Bertz CT molecular complexity index is 1480. The summed E-state index contributed by atoms with van der Waals surface area (Å²) in [6.07, 6.45) is -0.599. The Morgan fingerprint density at radius 2 is 1.79 bits per heavy atom. The van der Waals surface area contributed by atoms with Crippen LogP contribution >= 0.6 is 0 Å². The molecule has 1 amide bonds. The number of hydrogen-bond acceptors (Lipinski definition) is 8. The standard InChI is InChI=1S/C27H22FN3O7/c28-17-7-5-15(6-8-17)16-13-19-26(21(32)14-16)27(22-9-11-24(38-22)31(36)37)30(23(33)10-12-25(34)35)20-4-2-1-3-18(20)29-19/h1-9,11,16,27,29H,10,12-14H2,(H,34,35)/p-1/t16-,27+/m0/s1. The van der Waals surface area contributed by atoms with Crippen LogP contribution in [-0.2, 0) is 14.4 Å². The number of allylic oxidation sites excluding steroid dienone is 1. The first-order chi connectivity index (χ1) is 18.2. The molecule has 1 aliphatic carbocycles. The summed E-state index contributed by atoms with van der Waals surface area (Å²) < 4.78 is 19.0. The normalized spacial score (nSPS) is 18.8. The summed E-state index contributed by atoms with van der Waals surface area (Å²) in [5, 5.41) is 25.8. The van der Waals surface area contributed by atoms with Crippen molar-refractivity contribution in [1.82, 2.24) is 0 Å². The fourth-order valence-corrected chi connectivity index (χ4v) is 5.02. The summed E-state index contributed by atoms with van der Waals surface area (Å²) in [5.41, 5.74) is 2.27. The van der Waals surface area contributed by atoms with Crippen LogP contribution in [-0.4, -0.2) is 22.6 Å². The van der Waals surface area contributed by atoms with Crippen molar-refractivity contribution in [2.24, 2.45) is 0 Å². The Kier molecular flexibility index (Phi) is 6.50. The zero-order valence-electron chi connectivity index (χ0n) is 19.9. The smallest absolute Gasteiger partial charge is 0.433 e. The number of para-hydroxylation sites is 2. The summed E-state index contributed by atoms with van der Waals surface area (Å²) in [7, 11) is 0. The van der Waals surface area contributed by atoms with E-state index in [1.165, 1.54) is 23.1 Å². The number of nitrogens with zero attached hydrogens (tertiary/aromatic N) is 2. The molecular weight excluding hydrogens is 497 g/mol. The van der Waals surface area contributed by atoms with Crippen LogP contribution in [0.1, 0.15) is 49.0 Å². The van der Waals surface area contributed by atoms with Crippen LogP contribution < -0.4 is 15.3 Å². The van der Waals surface area contributed by atoms with Gasteiger partial charge in [0.15, 0.2) is 5.78 Å². The number of fused-ring (bicyclic) bond motifs is 1. The van der Waals surface area contributed by atoms with Crippen LogP contribution in [0.5, 0.6) is 0 Å². The quantitative estimate of drug-likeness (QED) is 0.383. The monoisotopic (exact) mass is 518 g/mol. The van der Waals surface area contributed by atoms with Crippen molar-refractivity contribution in [3.63, 3.8) is 0 Å². The van der Waals surface area contributed by atoms with E-state index in [2.05, 4.69) is 5.32 Å². The van der Waals surface area contributed by atoms with E-state index in [9.17, 15) is 34.0 Å². The van der Waals surface area contributed by atoms with Gasteiger partial charge in [-0.05, 0) is 54.7 Å². The molecule has 0 spiro atoms. The Labute approximate surface area is 215 Å². The molecule has 0 unspecified atom stereocenters. The van der Waals surface area contributed by atoms with Gasteiger partial charge in [-0.1, -0.05) is 24.3 Å². The van der Waals surface area contributed by atoms with Gasteiger partial charge >= 0.3 is 5.88 Å². The molecule has 10 nitrogen and oxygen atoms in total. The molecule has 2 heterocycles. The van der Waals surface area contributed by atoms with Crippen LogP contribution in [0.15, 0.2) is 76.4 Å². The predicted molar refractivity (Wildman–Crippen MR) is 130 cm³/mol. The van der Waals surface area contributed by atoms with Crippen LogP contribution in [0.3, 0.4) is 0 Å². The Morgan fingerprint density at radius 3 is 2.47 bits per heavy atom. The summed E-state index contributed by atoms with van der Waals surface area (Å²) in [5.74, 6) is -3.64. The number of halogens is 1. The highest BCUT2D eigenvalue weighted by Crippen LogP contribution is 2.48. The average molecular weight is 518 g/mol. The number of nitro groups is 1. The van der Waals surface area contributed by atoms with Gasteiger partial charge in [0.05, 0.1) is 17.4 Å². The third kappa shape index (κ3) is 4.65. The maximum absolute atomic E-state index is 13.8. The molecule has 11 heteroatoms. The summed E-state index contributed by atoms with van der Waals surface area (Å²) in [4.78, 5) is 50.3. The molecule has 1 aromatic heterocycles. The molecule has 0 fully saturated rings. The number of rotatable bonds is 6. The SMILES string of the molecule is O=C([O-])CCC(=O)N1c2ccccc2NC2=C(C(=O)C[C@@H](c3ccc(F)cc3)C2)[C@H]1c1ccc([N+](=O)[O-])o1. The predicted octanol–water partition coefficient (Wildman–Crippen LogP) is 3.76. The lowest BCUT2D eigenvalue weighted by Gasteiger charge is -2.33. The lowest BCUT2D eigenvalue weighted by molar-refractivity contribution is -0.402. The molecule has 2 aliphatic rings. The van der Waals surface area contributed by atoms with Crippen molar-refractivity contribution in [2.75, 3.05) is 10.2 Å². The molecule has 0 bridgehead atoms. The number of carbonyl (C=O) groups is 3. The highest BCUT2D eigenvalue weighted by Gasteiger charge is 2.43. The Morgan fingerprint density at radius 1 is 1.05 bits per heavy atom. The van der Waals surface area contributed by atoms with Gasteiger partial charge in [-0.25, -0.2) is 4.39 Å². The van der Waals surface area contributed by atoms with Crippen LogP contribution in [0.4, 0.5) is 21.6 Å². The van der Waals surface area contributed by atoms with E-state index in [0.717, 1.165) is 11.6 Å². The molecule has 1 N–H and O–H groups in total. The van der Waals surface area contributed by atoms with Crippen LogP contribution in [0.25, 0.3) is 0 Å². The molecule has 2 atom stereocenters. The minimum absolute atomic E-state index is 0.0157. The number of carboxylic acid groups (broad SMARTS) is 1. The van der Waals surface area contributed by atoms with Gasteiger partial charge in [-0.3, -0.25) is 24.6 Å². The highest BCUT2D eigenvalue weighted by molar-refractivity contribution is 6.06.